The van der Waals surface area contributed by atoms with Gasteiger partial charge in [0.05, 0.1) is 5.41 Å². The lowest BCUT2D eigenvalue weighted by Gasteiger charge is -2.29. The van der Waals surface area contributed by atoms with Crippen LogP contribution >= 0.6 is 0 Å². The molecule has 1 amide bonds. The molecule has 2 aromatic carbocycles. The number of hydroxylamine groups is 1. The van der Waals surface area contributed by atoms with Gasteiger partial charge in [-0.05, 0) is 67.3 Å². The molecule has 3 rings (SSSR count). The fraction of sp³-hybridized carbons (Fsp3) is 0.350. The van der Waals surface area contributed by atoms with E-state index >= 15 is 0 Å². The first-order chi connectivity index (χ1) is 11.5. The highest BCUT2D eigenvalue weighted by Crippen LogP contribution is 2.50. The summed E-state index contributed by atoms with van der Waals surface area (Å²) in [5.74, 6) is -0.560. The molecule has 1 aliphatic carbocycles. The third-order valence-electron chi connectivity index (χ3n) is 5.46. The Kier molecular flexibility index (Phi) is 4.41. The molecule has 1 saturated carbocycles. The van der Waals surface area contributed by atoms with Gasteiger partial charge in [-0.15, -0.1) is 0 Å². The van der Waals surface area contributed by atoms with Crippen molar-refractivity contribution in [3.63, 3.8) is 0 Å². The summed E-state index contributed by atoms with van der Waals surface area (Å²) < 4.78 is 14.1. The molecule has 1 fully saturated rings. The number of rotatable bonds is 3. The number of nitrogens with one attached hydrogen (secondary N) is 1. The molecule has 4 heteroatoms. The van der Waals surface area contributed by atoms with Crippen LogP contribution in [-0.2, 0) is 10.2 Å². The minimum absolute atomic E-state index is 0.214. The van der Waals surface area contributed by atoms with Crippen molar-refractivity contribution in [2.45, 2.75) is 44.4 Å². The van der Waals surface area contributed by atoms with E-state index in [9.17, 15) is 14.4 Å². The fourth-order valence-corrected chi connectivity index (χ4v) is 4.16. The van der Waals surface area contributed by atoms with Crippen molar-refractivity contribution in [1.82, 2.24) is 5.48 Å². The lowest BCUT2D eigenvalue weighted by atomic mass is 9.75. The molecule has 2 aromatic rings. The highest BCUT2D eigenvalue weighted by molar-refractivity contribution is 5.88. The summed E-state index contributed by atoms with van der Waals surface area (Å²) in [6.45, 7) is 3.76. The molecule has 0 aliphatic heterocycles. The molecule has 0 spiro atoms. The molecule has 1 aliphatic rings. The van der Waals surface area contributed by atoms with Gasteiger partial charge in [0.25, 0.3) is 5.91 Å². The van der Waals surface area contributed by atoms with E-state index in [0.29, 0.717) is 24.0 Å². The summed E-state index contributed by atoms with van der Waals surface area (Å²) in [4.78, 5) is 12.6. The third-order valence-corrected chi connectivity index (χ3v) is 5.46. The molecule has 0 bridgehead atoms. The number of hydrogen-bond acceptors (Lipinski definition) is 2. The topological polar surface area (TPSA) is 49.3 Å². The molecule has 3 nitrogen and oxygen atoms in total. The van der Waals surface area contributed by atoms with Gasteiger partial charge in [-0.2, -0.15) is 0 Å². The number of hydrogen-bond donors (Lipinski definition) is 2. The standard InChI is InChI=1S/C20H22FNO2/c1-13-6-3-4-7-16(13)15-10-11-20(12-15,19(23)22-24)17-8-5-9-18(21)14(17)2/h3-9,15,24H,10-12H2,1-2H3,(H,22,23). The van der Waals surface area contributed by atoms with Crippen molar-refractivity contribution in [3.05, 3.63) is 70.5 Å². The quantitative estimate of drug-likeness (QED) is 0.657. The van der Waals surface area contributed by atoms with E-state index in [4.69, 9.17) is 0 Å². The van der Waals surface area contributed by atoms with Crippen LogP contribution in [0.15, 0.2) is 42.5 Å². The third kappa shape index (κ3) is 2.61. The summed E-state index contributed by atoms with van der Waals surface area (Å²) in [5.41, 5.74) is 4.49. The molecule has 0 saturated heterocycles. The largest absolute Gasteiger partial charge is 0.289 e. The normalized spacial score (nSPS) is 23.2. The molecule has 0 radical (unpaired) electrons. The molecule has 2 atom stereocenters. The lowest BCUT2D eigenvalue weighted by Crippen LogP contribution is -2.42. The Balaban J connectivity index is 2.05. The zero-order valence-corrected chi connectivity index (χ0v) is 14.0. The second-order valence-electron chi connectivity index (χ2n) is 6.73. The van der Waals surface area contributed by atoms with Crippen LogP contribution in [0.5, 0.6) is 0 Å². The van der Waals surface area contributed by atoms with Gasteiger partial charge in [0.1, 0.15) is 5.82 Å². The van der Waals surface area contributed by atoms with Gasteiger partial charge < -0.3 is 0 Å². The van der Waals surface area contributed by atoms with Crippen LogP contribution in [0.1, 0.15) is 47.4 Å². The zero-order valence-electron chi connectivity index (χ0n) is 14.0. The zero-order chi connectivity index (χ0) is 17.3. The van der Waals surface area contributed by atoms with Gasteiger partial charge in [-0.25, -0.2) is 9.87 Å². The first kappa shape index (κ1) is 16.7. The van der Waals surface area contributed by atoms with Gasteiger partial charge in [0.15, 0.2) is 0 Å². The molecule has 0 aromatic heterocycles. The smallest absolute Gasteiger partial charge is 0.254 e. The Hall–Kier alpha value is -2.20. The number of amides is 1. The second-order valence-corrected chi connectivity index (χ2v) is 6.73. The Bertz CT molecular complexity index is 774. The molecule has 0 heterocycles. The number of carbonyl (C=O) groups is 1. The highest BCUT2D eigenvalue weighted by Gasteiger charge is 2.48. The molecule has 2 unspecified atom stereocenters. The van der Waals surface area contributed by atoms with Gasteiger partial charge in [0, 0.05) is 0 Å². The van der Waals surface area contributed by atoms with Crippen LogP contribution in [-0.4, -0.2) is 11.1 Å². The van der Waals surface area contributed by atoms with Crippen LogP contribution in [0.2, 0.25) is 0 Å². The summed E-state index contributed by atoms with van der Waals surface area (Å²) in [6, 6.07) is 13.0. The minimum Gasteiger partial charge on any atom is -0.289 e. The first-order valence-corrected chi connectivity index (χ1v) is 8.25. The lowest BCUT2D eigenvalue weighted by molar-refractivity contribution is -0.135. The monoisotopic (exact) mass is 327 g/mol. The Labute approximate surface area is 141 Å². The maximum Gasteiger partial charge on any atom is 0.254 e. The van der Waals surface area contributed by atoms with E-state index in [2.05, 4.69) is 19.1 Å². The van der Waals surface area contributed by atoms with Crippen molar-refractivity contribution in [2.24, 2.45) is 0 Å². The van der Waals surface area contributed by atoms with Gasteiger partial charge in [-0.3, -0.25) is 10.0 Å². The average Bonchev–Trinajstić information content (AvgIpc) is 3.03. The van der Waals surface area contributed by atoms with E-state index in [0.717, 1.165) is 6.42 Å². The predicted octanol–water partition coefficient (Wildman–Crippen LogP) is 4.15. The average molecular weight is 327 g/mol. The van der Waals surface area contributed by atoms with Crippen LogP contribution in [0, 0.1) is 19.7 Å². The molecular weight excluding hydrogens is 305 g/mol. The summed E-state index contributed by atoms with van der Waals surface area (Å²) in [7, 11) is 0. The Morgan fingerprint density at radius 1 is 1.21 bits per heavy atom. The number of carbonyl (C=O) groups excluding carboxylic acids is 1. The maximum atomic E-state index is 14.1. The number of benzene rings is 2. The highest BCUT2D eigenvalue weighted by atomic mass is 19.1. The minimum atomic E-state index is -0.895. The van der Waals surface area contributed by atoms with E-state index in [1.54, 1.807) is 19.1 Å². The van der Waals surface area contributed by atoms with Gasteiger partial charge >= 0.3 is 0 Å². The summed E-state index contributed by atoms with van der Waals surface area (Å²) in [5, 5.41) is 9.30. The SMILES string of the molecule is Cc1ccccc1C1CCC(C(=O)NO)(c2cccc(F)c2C)C1. The van der Waals surface area contributed by atoms with Crippen LogP contribution in [0.25, 0.3) is 0 Å². The van der Waals surface area contributed by atoms with Crippen LogP contribution < -0.4 is 5.48 Å². The van der Waals surface area contributed by atoms with Crippen LogP contribution in [0.4, 0.5) is 4.39 Å². The maximum absolute atomic E-state index is 14.1. The van der Waals surface area contributed by atoms with Crippen molar-refractivity contribution in [2.75, 3.05) is 0 Å². The van der Waals surface area contributed by atoms with E-state index in [1.165, 1.54) is 17.2 Å². The molecule has 24 heavy (non-hydrogen) atoms. The first-order valence-electron chi connectivity index (χ1n) is 8.25. The molecule has 2 N–H and O–H groups in total. The Morgan fingerprint density at radius 3 is 2.67 bits per heavy atom. The van der Waals surface area contributed by atoms with Crippen molar-refractivity contribution in [1.29, 1.82) is 0 Å². The van der Waals surface area contributed by atoms with Crippen molar-refractivity contribution >= 4 is 5.91 Å². The van der Waals surface area contributed by atoms with Crippen molar-refractivity contribution in [3.8, 4) is 0 Å². The van der Waals surface area contributed by atoms with E-state index in [-0.39, 0.29) is 11.7 Å². The predicted molar refractivity (Wildman–Crippen MR) is 90.5 cm³/mol. The van der Waals surface area contributed by atoms with E-state index in [1.807, 2.05) is 17.6 Å². The van der Waals surface area contributed by atoms with Crippen molar-refractivity contribution < 1.29 is 14.4 Å². The number of aryl methyl sites for hydroxylation is 1. The van der Waals surface area contributed by atoms with E-state index < -0.39 is 11.3 Å². The second kappa shape index (κ2) is 6.36. The molecule has 126 valence electrons. The van der Waals surface area contributed by atoms with Gasteiger partial charge in [0.2, 0.25) is 0 Å². The summed E-state index contributed by atoms with van der Waals surface area (Å²) in [6.07, 6.45) is 1.98. The van der Waals surface area contributed by atoms with Crippen LogP contribution in [0.3, 0.4) is 0 Å². The Morgan fingerprint density at radius 2 is 1.96 bits per heavy atom. The number of halogens is 1. The molecular formula is C20H22FNO2. The summed E-state index contributed by atoms with van der Waals surface area (Å²) >= 11 is 0. The van der Waals surface area contributed by atoms with Gasteiger partial charge in [-0.1, -0.05) is 36.4 Å². The fourth-order valence-electron chi connectivity index (χ4n) is 4.16.